The lowest BCUT2D eigenvalue weighted by molar-refractivity contribution is -0.124. The number of nitrogens with zero attached hydrogens (tertiary/aromatic N) is 1. The lowest BCUT2D eigenvalue weighted by Gasteiger charge is -2.16. The van der Waals surface area contributed by atoms with Gasteiger partial charge in [-0.1, -0.05) is 12.1 Å². The number of ether oxygens (including phenoxy) is 2. The number of hydrogen-bond donors (Lipinski definition) is 2. The summed E-state index contributed by atoms with van der Waals surface area (Å²) in [7, 11) is 0.0314. The number of sulfone groups is 1. The second-order valence-electron chi connectivity index (χ2n) is 7.72. The van der Waals surface area contributed by atoms with E-state index in [1.54, 1.807) is 31.3 Å². The predicted octanol–water partition coefficient (Wildman–Crippen LogP) is 1.86. The minimum absolute atomic E-state index is 0.130. The highest BCUT2D eigenvalue weighted by atomic mass is 32.2. The summed E-state index contributed by atoms with van der Waals surface area (Å²) in [6, 6.07) is 11.8. The third kappa shape index (κ3) is 9.11. The Kier molecular flexibility index (Phi) is 9.68. The van der Waals surface area contributed by atoms with Gasteiger partial charge in [-0.25, -0.2) is 8.42 Å². The molecule has 0 unspecified atom stereocenters. The molecule has 2 aromatic carbocycles. The molecule has 180 valence electrons. The normalized spacial score (nSPS) is 11.2. The van der Waals surface area contributed by atoms with E-state index in [-0.39, 0.29) is 29.8 Å². The summed E-state index contributed by atoms with van der Waals surface area (Å²) in [6.45, 7) is 2.85. The SMILES string of the molecule is COc1ccc(C)cc1NC(=O)CNC(=O)CN(C)CCCOc1cccc(S(C)(=O)=O)c1. The van der Waals surface area contributed by atoms with Gasteiger partial charge in [-0.2, -0.15) is 0 Å². The highest BCUT2D eigenvalue weighted by molar-refractivity contribution is 7.90. The fraction of sp³-hybridized carbons (Fsp3) is 0.391. The molecular formula is C23H31N3O6S. The Morgan fingerprint density at radius 2 is 1.85 bits per heavy atom. The van der Waals surface area contributed by atoms with E-state index in [9.17, 15) is 18.0 Å². The van der Waals surface area contributed by atoms with Crippen molar-refractivity contribution in [1.29, 1.82) is 0 Å². The van der Waals surface area contributed by atoms with Crippen molar-refractivity contribution in [2.24, 2.45) is 0 Å². The molecule has 2 N–H and O–H groups in total. The van der Waals surface area contributed by atoms with Crippen molar-refractivity contribution in [3.05, 3.63) is 48.0 Å². The molecule has 10 heteroatoms. The molecule has 33 heavy (non-hydrogen) atoms. The number of nitrogens with one attached hydrogen (secondary N) is 2. The largest absolute Gasteiger partial charge is 0.495 e. The van der Waals surface area contributed by atoms with Gasteiger partial charge in [-0.15, -0.1) is 0 Å². The molecule has 2 rings (SSSR count). The van der Waals surface area contributed by atoms with E-state index in [2.05, 4.69) is 10.6 Å². The van der Waals surface area contributed by atoms with Gasteiger partial charge in [0.15, 0.2) is 9.84 Å². The third-order valence-corrected chi connectivity index (χ3v) is 5.79. The number of benzene rings is 2. The predicted molar refractivity (Wildman–Crippen MR) is 127 cm³/mol. The van der Waals surface area contributed by atoms with Crippen LogP contribution in [0.2, 0.25) is 0 Å². The standard InChI is InChI=1S/C23H31N3O6S/c1-17-9-10-21(31-3)20(13-17)25-22(27)15-24-23(28)16-26(2)11-6-12-32-18-7-5-8-19(14-18)33(4,29)30/h5,7-10,13-14H,6,11-12,15-16H2,1-4H3,(H,24,28)(H,25,27). The monoisotopic (exact) mass is 477 g/mol. The van der Waals surface area contributed by atoms with E-state index < -0.39 is 9.84 Å². The summed E-state index contributed by atoms with van der Waals surface area (Å²) in [5, 5.41) is 5.34. The number of amides is 2. The van der Waals surface area contributed by atoms with Crippen LogP contribution in [0.4, 0.5) is 5.69 Å². The first-order valence-corrected chi connectivity index (χ1v) is 12.3. The van der Waals surface area contributed by atoms with E-state index >= 15 is 0 Å². The van der Waals surface area contributed by atoms with E-state index in [4.69, 9.17) is 9.47 Å². The maximum absolute atomic E-state index is 12.2. The van der Waals surface area contributed by atoms with Crippen molar-refractivity contribution in [2.45, 2.75) is 18.2 Å². The number of hydrogen-bond acceptors (Lipinski definition) is 7. The topological polar surface area (TPSA) is 114 Å². The van der Waals surface area contributed by atoms with Crippen LogP contribution in [-0.4, -0.2) is 71.8 Å². The lowest BCUT2D eigenvalue weighted by Crippen LogP contribution is -2.39. The summed E-state index contributed by atoms with van der Waals surface area (Å²) in [5.41, 5.74) is 1.53. The number of carbonyl (C=O) groups is 2. The fourth-order valence-electron chi connectivity index (χ4n) is 2.99. The molecule has 0 heterocycles. The molecular weight excluding hydrogens is 446 g/mol. The van der Waals surface area contributed by atoms with Gasteiger partial charge in [0.2, 0.25) is 11.8 Å². The van der Waals surface area contributed by atoms with Crippen molar-refractivity contribution in [3.8, 4) is 11.5 Å². The van der Waals surface area contributed by atoms with Crippen molar-refractivity contribution in [3.63, 3.8) is 0 Å². The van der Waals surface area contributed by atoms with Gasteiger partial charge in [-0.05, 0) is 56.3 Å². The zero-order chi connectivity index (χ0) is 24.4. The van der Waals surface area contributed by atoms with Crippen LogP contribution in [0.15, 0.2) is 47.4 Å². The number of carbonyl (C=O) groups excluding carboxylic acids is 2. The van der Waals surface area contributed by atoms with Gasteiger partial charge in [-0.3, -0.25) is 14.5 Å². The molecule has 0 spiro atoms. The molecule has 0 radical (unpaired) electrons. The molecule has 2 aromatic rings. The Hall–Kier alpha value is -3.11. The van der Waals surface area contributed by atoms with Crippen LogP contribution in [-0.2, 0) is 19.4 Å². The average molecular weight is 478 g/mol. The van der Waals surface area contributed by atoms with Crippen LogP contribution in [0.3, 0.4) is 0 Å². The summed E-state index contributed by atoms with van der Waals surface area (Å²) < 4.78 is 34.0. The molecule has 0 aromatic heterocycles. The van der Waals surface area contributed by atoms with Crippen LogP contribution < -0.4 is 20.1 Å². The van der Waals surface area contributed by atoms with Crippen LogP contribution in [0.25, 0.3) is 0 Å². The quantitative estimate of drug-likeness (QED) is 0.449. The van der Waals surface area contributed by atoms with Gasteiger partial charge in [0, 0.05) is 12.8 Å². The first-order valence-electron chi connectivity index (χ1n) is 10.4. The van der Waals surface area contributed by atoms with Gasteiger partial charge < -0.3 is 20.1 Å². The average Bonchev–Trinajstić information content (AvgIpc) is 2.75. The third-order valence-electron chi connectivity index (χ3n) is 4.68. The molecule has 0 aliphatic heterocycles. The molecule has 0 fully saturated rings. The van der Waals surface area contributed by atoms with E-state index in [1.807, 2.05) is 17.9 Å². The maximum atomic E-state index is 12.2. The summed E-state index contributed by atoms with van der Waals surface area (Å²) >= 11 is 0. The molecule has 0 bridgehead atoms. The smallest absolute Gasteiger partial charge is 0.243 e. The Bertz CT molecular complexity index is 1070. The zero-order valence-corrected chi connectivity index (χ0v) is 20.2. The summed E-state index contributed by atoms with van der Waals surface area (Å²) in [6.07, 6.45) is 1.79. The van der Waals surface area contributed by atoms with Crippen LogP contribution in [0.1, 0.15) is 12.0 Å². The summed E-state index contributed by atoms with van der Waals surface area (Å²) in [5.74, 6) is 0.408. The molecule has 0 saturated carbocycles. The van der Waals surface area contributed by atoms with E-state index in [0.29, 0.717) is 36.8 Å². The molecule has 2 amide bonds. The lowest BCUT2D eigenvalue weighted by atomic mass is 10.2. The van der Waals surface area contributed by atoms with Crippen molar-refractivity contribution >= 4 is 27.3 Å². The van der Waals surface area contributed by atoms with E-state index in [1.165, 1.54) is 19.2 Å². The fourth-order valence-corrected chi connectivity index (χ4v) is 3.65. The maximum Gasteiger partial charge on any atom is 0.243 e. The highest BCUT2D eigenvalue weighted by Crippen LogP contribution is 2.24. The number of anilines is 1. The van der Waals surface area contributed by atoms with Crippen molar-refractivity contribution in [1.82, 2.24) is 10.2 Å². The summed E-state index contributed by atoms with van der Waals surface area (Å²) in [4.78, 5) is 26.3. The number of rotatable bonds is 12. The number of aryl methyl sites for hydroxylation is 1. The van der Waals surface area contributed by atoms with Gasteiger partial charge >= 0.3 is 0 Å². The van der Waals surface area contributed by atoms with Crippen LogP contribution >= 0.6 is 0 Å². The second kappa shape index (κ2) is 12.2. The van der Waals surface area contributed by atoms with Gasteiger partial charge in [0.1, 0.15) is 11.5 Å². The second-order valence-corrected chi connectivity index (χ2v) is 9.73. The minimum atomic E-state index is -3.29. The highest BCUT2D eigenvalue weighted by Gasteiger charge is 2.12. The Balaban J connectivity index is 1.68. The molecule has 0 saturated heterocycles. The Labute approximate surface area is 195 Å². The molecule has 0 aliphatic carbocycles. The Morgan fingerprint density at radius 3 is 2.55 bits per heavy atom. The zero-order valence-electron chi connectivity index (χ0n) is 19.4. The van der Waals surface area contributed by atoms with Gasteiger partial charge in [0.25, 0.3) is 0 Å². The number of methoxy groups -OCH3 is 1. The number of likely N-dealkylation sites (N-methyl/N-ethyl adjacent to an activating group) is 1. The first kappa shape index (κ1) is 26.1. The first-order chi connectivity index (χ1) is 15.6. The van der Waals surface area contributed by atoms with Crippen LogP contribution in [0, 0.1) is 6.92 Å². The van der Waals surface area contributed by atoms with Crippen molar-refractivity contribution in [2.75, 3.05) is 52.0 Å². The molecule has 0 aliphatic rings. The van der Waals surface area contributed by atoms with E-state index in [0.717, 1.165) is 11.8 Å². The van der Waals surface area contributed by atoms with Gasteiger partial charge in [0.05, 0.1) is 37.4 Å². The Morgan fingerprint density at radius 1 is 1.09 bits per heavy atom. The molecule has 0 atom stereocenters. The molecule has 9 nitrogen and oxygen atoms in total. The minimum Gasteiger partial charge on any atom is -0.495 e. The van der Waals surface area contributed by atoms with Crippen LogP contribution in [0.5, 0.6) is 11.5 Å². The van der Waals surface area contributed by atoms with Crippen molar-refractivity contribution < 1.29 is 27.5 Å².